The fourth-order valence-electron chi connectivity index (χ4n) is 4.71. The van der Waals surface area contributed by atoms with E-state index in [0.717, 1.165) is 19.3 Å². The van der Waals surface area contributed by atoms with Crippen LogP contribution in [0.5, 0.6) is 5.88 Å². The fraction of sp³-hybridized carbons (Fsp3) is 0.704. The molecule has 1 aromatic heterocycles. The van der Waals surface area contributed by atoms with Crippen molar-refractivity contribution < 1.29 is 24.2 Å². The van der Waals surface area contributed by atoms with Crippen molar-refractivity contribution in [3.05, 3.63) is 23.4 Å². The molecule has 0 radical (unpaired) electrons. The first-order valence-electron chi connectivity index (χ1n) is 13.0. The fourth-order valence-corrected chi connectivity index (χ4v) is 4.82. The van der Waals surface area contributed by atoms with Crippen molar-refractivity contribution >= 4 is 29.1 Å². The number of halogens is 1. The number of ketones is 2. The molecule has 200 valence electrons. The Labute approximate surface area is 218 Å². The Hall–Kier alpha value is -2.03. The van der Waals surface area contributed by atoms with Gasteiger partial charge >= 0.3 is 0 Å². The quantitative estimate of drug-likeness (QED) is 0.431. The van der Waals surface area contributed by atoms with Crippen LogP contribution in [0.25, 0.3) is 0 Å². The highest BCUT2D eigenvalue weighted by molar-refractivity contribution is 6.30. The topological polar surface area (TPSA) is 123 Å². The lowest BCUT2D eigenvalue weighted by Crippen LogP contribution is -2.53. The summed E-state index contributed by atoms with van der Waals surface area (Å²) < 4.78 is 5.99. The zero-order valence-electron chi connectivity index (χ0n) is 21.8. The molecule has 1 unspecified atom stereocenters. The van der Waals surface area contributed by atoms with Gasteiger partial charge in [-0.25, -0.2) is 4.98 Å². The lowest BCUT2D eigenvalue weighted by molar-refractivity contribution is -0.141. The Morgan fingerprint density at radius 3 is 2.53 bits per heavy atom. The Balaban J connectivity index is 1.76. The van der Waals surface area contributed by atoms with Gasteiger partial charge in [0, 0.05) is 31.5 Å². The number of rotatable bonds is 12. The van der Waals surface area contributed by atoms with E-state index in [4.69, 9.17) is 22.1 Å². The van der Waals surface area contributed by atoms with Gasteiger partial charge in [-0.1, -0.05) is 45.7 Å². The molecule has 9 heteroatoms. The number of carbonyl (C=O) groups is 3. The minimum atomic E-state index is -1.16. The molecule has 36 heavy (non-hydrogen) atoms. The van der Waals surface area contributed by atoms with Gasteiger partial charge in [-0.2, -0.15) is 0 Å². The van der Waals surface area contributed by atoms with Crippen molar-refractivity contribution in [2.75, 3.05) is 6.54 Å². The molecule has 0 spiro atoms. The van der Waals surface area contributed by atoms with Crippen molar-refractivity contribution in [2.45, 2.75) is 96.9 Å². The van der Waals surface area contributed by atoms with Crippen molar-refractivity contribution in [3.8, 4) is 5.88 Å². The minimum absolute atomic E-state index is 0.0243. The van der Waals surface area contributed by atoms with E-state index < -0.39 is 35.6 Å². The summed E-state index contributed by atoms with van der Waals surface area (Å²) in [4.78, 5) is 45.2. The van der Waals surface area contributed by atoms with E-state index in [0.29, 0.717) is 29.7 Å². The SMILES string of the molecule is CCC[C@H](CC(=O)[C@@H]1C[C@@H](Oc2ccc(Cl)cn2)CN1C(=O)[C@@H](N)C(C)(C)C)C(O)C(=O)CC1CC1. The van der Waals surface area contributed by atoms with E-state index in [9.17, 15) is 19.5 Å². The zero-order valence-corrected chi connectivity index (χ0v) is 22.5. The second-order valence-corrected chi connectivity index (χ2v) is 11.9. The minimum Gasteiger partial charge on any atom is -0.472 e. The third kappa shape index (κ3) is 7.49. The Morgan fingerprint density at radius 1 is 1.28 bits per heavy atom. The maximum absolute atomic E-state index is 13.6. The Morgan fingerprint density at radius 2 is 1.97 bits per heavy atom. The number of amides is 1. The Bertz CT molecular complexity index is 928. The standard InChI is InChI=1S/C27H40ClN3O5/c1-5-6-17(24(34)22(33)11-16-7-8-16)12-21(32)20-13-19(36-23-10-9-18(28)14-30-23)15-31(20)26(35)25(29)27(2,3)4/h9-10,14,16-17,19-20,24-25,34H,5-8,11-13,15,29H2,1-4H3/t17-,19-,20+,24?,25-/m1/s1. The van der Waals surface area contributed by atoms with Gasteiger partial charge in [-0.3, -0.25) is 14.4 Å². The lowest BCUT2D eigenvalue weighted by Gasteiger charge is -2.33. The summed E-state index contributed by atoms with van der Waals surface area (Å²) in [6.07, 6.45) is 3.88. The number of aromatic nitrogens is 1. The van der Waals surface area contributed by atoms with Gasteiger partial charge in [0.25, 0.3) is 0 Å². The monoisotopic (exact) mass is 521 g/mol. The van der Waals surface area contributed by atoms with Crippen LogP contribution in [0.4, 0.5) is 0 Å². The molecule has 0 bridgehead atoms. The average Bonchev–Trinajstić information content (AvgIpc) is 3.54. The predicted octanol–water partition coefficient (Wildman–Crippen LogP) is 3.56. The van der Waals surface area contributed by atoms with Crippen LogP contribution in [0, 0.1) is 17.3 Å². The largest absolute Gasteiger partial charge is 0.472 e. The molecule has 8 nitrogen and oxygen atoms in total. The van der Waals surface area contributed by atoms with Crippen molar-refractivity contribution in [3.63, 3.8) is 0 Å². The molecule has 2 heterocycles. The molecular weight excluding hydrogens is 482 g/mol. The van der Waals surface area contributed by atoms with Crippen LogP contribution in [-0.4, -0.2) is 63.3 Å². The van der Waals surface area contributed by atoms with Gasteiger partial charge in [0.15, 0.2) is 11.6 Å². The van der Waals surface area contributed by atoms with Crippen LogP contribution in [-0.2, 0) is 14.4 Å². The maximum Gasteiger partial charge on any atom is 0.240 e. The Kier molecular flexibility index (Phi) is 9.52. The molecule has 1 aromatic rings. The predicted molar refractivity (Wildman–Crippen MR) is 138 cm³/mol. The third-order valence-corrected chi connectivity index (χ3v) is 7.41. The van der Waals surface area contributed by atoms with E-state index >= 15 is 0 Å². The van der Waals surface area contributed by atoms with E-state index in [2.05, 4.69) is 4.98 Å². The van der Waals surface area contributed by atoms with Gasteiger partial charge in [0.1, 0.15) is 12.2 Å². The number of aliphatic hydroxyl groups excluding tert-OH is 1. The first-order chi connectivity index (χ1) is 16.9. The molecule has 3 rings (SSSR count). The second kappa shape index (κ2) is 12.0. The van der Waals surface area contributed by atoms with Crippen LogP contribution in [0.3, 0.4) is 0 Å². The van der Waals surface area contributed by atoms with Crippen LogP contribution < -0.4 is 10.5 Å². The molecule has 2 fully saturated rings. The highest BCUT2D eigenvalue weighted by Crippen LogP contribution is 2.34. The van der Waals surface area contributed by atoms with Gasteiger partial charge in [0.05, 0.1) is 23.7 Å². The number of ether oxygens (including phenoxy) is 1. The summed E-state index contributed by atoms with van der Waals surface area (Å²) in [6, 6.07) is 1.77. The number of Topliss-reactive ketones (excluding diaryl/α,β-unsaturated/α-hetero) is 2. The van der Waals surface area contributed by atoms with E-state index in [-0.39, 0.29) is 36.9 Å². The number of nitrogens with zero attached hydrogens (tertiary/aromatic N) is 2. The number of aliphatic hydroxyl groups is 1. The zero-order chi connectivity index (χ0) is 26.6. The highest BCUT2D eigenvalue weighted by Gasteiger charge is 2.45. The van der Waals surface area contributed by atoms with Crippen molar-refractivity contribution in [1.29, 1.82) is 0 Å². The molecular formula is C27H40ClN3O5. The van der Waals surface area contributed by atoms with E-state index in [1.165, 1.54) is 11.1 Å². The normalized spacial score (nSPS) is 22.7. The van der Waals surface area contributed by atoms with Crippen LogP contribution in [0.1, 0.15) is 72.6 Å². The molecule has 0 aromatic carbocycles. The first-order valence-corrected chi connectivity index (χ1v) is 13.4. The highest BCUT2D eigenvalue weighted by atomic mass is 35.5. The molecule has 1 saturated carbocycles. The van der Waals surface area contributed by atoms with Gasteiger partial charge in [-0.05, 0) is 42.6 Å². The van der Waals surface area contributed by atoms with Gasteiger partial charge in [0.2, 0.25) is 11.8 Å². The number of carbonyl (C=O) groups excluding carboxylic acids is 3. The number of pyridine rings is 1. The van der Waals surface area contributed by atoms with E-state index in [1.807, 2.05) is 27.7 Å². The van der Waals surface area contributed by atoms with Crippen LogP contribution in [0.2, 0.25) is 5.02 Å². The number of hydrogen-bond donors (Lipinski definition) is 2. The van der Waals surface area contributed by atoms with Gasteiger partial charge < -0.3 is 20.5 Å². The molecule has 2 aliphatic rings. The van der Waals surface area contributed by atoms with Crippen molar-refractivity contribution in [1.82, 2.24) is 9.88 Å². The average molecular weight is 522 g/mol. The van der Waals surface area contributed by atoms with Crippen LogP contribution in [0.15, 0.2) is 18.3 Å². The van der Waals surface area contributed by atoms with Crippen LogP contribution >= 0.6 is 11.6 Å². The molecule has 3 N–H and O–H groups in total. The molecule has 1 aliphatic heterocycles. The smallest absolute Gasteiger partial charge is 0.240 e. The van der Waals surface area contributed by atoms with Gasteiger partial charge in [-0.15, -0.1) is 0 Å². The summed E-state index contributed by atoms with van der Waals surface area (Å²) in [5.41, 5.74) is 5.80. The van der Waals surface area contributed by atoms with E-state index in [1.54, 1.807) is 12.1 Å². The summed E-state index contributed by atoms with van der Waals surface area (Å²) in [6.45, 7) is 7.81. The molecule has 1 amide bonds. The molecule has 1 saturated heterocycles. The molecule has 5 atom stereocenters. The summed E-state index contributed by atoms with van der Waals surface area (Å²) >= 11 is 5.91. The third-order valence-electron chi connectivity index (χ3n) is 7.19. The first kappa shape index (κ1) is 28.5. The summed E-state index contributed by atoms with van der Waals surface area (Å²) in [5, 5.41) is 11.2. The maximum atomic E-state index is 13.6. The van der Waals surface area contributed by atoms with Crippen molar-refractivity contribution in [2.24, 2.45) is 23.0 Å². The number of nitrogens with two attached hydrogens (primary N) is 1. The second-order valence-electron chi connectivity index (χ2n) is 11.4. The summed E-state index contributed by atoms with van der Waals surface area (Å²) in [7, 11) is 0. The molecule has 1 aliphatic carbocycles. The lowest BCUT2D eigenvalue weighted by atomic mass is 9.85. The summed E-state index contributed by atoms with van der Waals surface area (Å²) in [5.74, 6) is -0.432. The number of hydrogen-bond acceptors (Lipinski definition) is 7. The number of likely N-dealkylation sites (tertiary alicyclic amines) is 1.